The molecule has 0 saturated carbocycles. The number of nitrogens with zero attached hydrogens (tertiary/aromatic N) is 1. The molecule has 1 aliphatic heterocycles. The van der Waals surface area contributed by atoms with Gasteiger partial charge in [-0.05, 0) is 12.0 Å². The van der Waals surface area contributed by atoms with E-state index in [9.17, 15) is 9.90 Å². The Morgan fingerprint density at radius 3 is 2.83 bits per heavy atom. The molecular formula is C18H23N3O2S. The first-order chi connectivity index (χ1) is 11.7. The molecule has 5 nitrogen and oxygen atoms in total. The lowest BCUT2D eigenvalue weighted by atomic mass is 10.1. The first-order valence-electron chi connectivity index (χ1n) is 8.35. The summed E-state index contributed by atoms with van der Waals surface area (Å²) in [6, 6.07) is 8.39. The van der Waals surface area contributed by atoms with Crippen LogP contribution >= 0.6 is 11.3 Å². The van der Waals surface area contributed by atoms with Crippen molar-refractivity contribution < 1.29 is 9.90 Å². The van der Waals surface area contributed by atoms with Gasteiger partial charge in [-0.1, -0.05) is 31.2 Å². The molecule has 24 heavy (non-hydrogen) atoms. The van der Waals surface area contributed by atoms with E-state index >= 15 is 0 Å². The Labute approximate surface area is 146 Å². The van der Waals surface area contributed by atoms with Gasteiger partial charge in [0.25, 0.3) is 0 Å². The largest absolute Gasteiger partial charge is 0.391 e. The van der Waals surface area contributed by atoms with Crippen molar-refractivity contribution in [2.45, 2.75) is 25.9 Å². The molecule has 1 aromatic carbocycles. The van der Waals surface area contributed by atoms with Gasteiger partial charge in [0.2, 0.25) is 5.91 Å². The Bertz CT molecular complexity index is 684. The lowest BCUT2D eigenvalue weighted by Gasteiger charge is -2.13. The second-order valence-corrected chi connectivity index (χ2v) is 7.02. The van der Waals surface area contributed by atoms with Crippen molar-refractivity contribution in [1.29, 1.82) is 0 Å². The number of carbonyl (C=O) groups excluding carboxylic acids is 1. The lowest BCUT2D eigenvalue weighted by Crippen LogP contribution is -2.35. The molecule has 0 bridgehead atoms. The summed E-state index contributed by atoms with van der Waals surface area (Å²) in [5.41, 5.74) is 3.18. The van der Waals surface area contributed by atoms with Crippen LogP contribution in [0.5, 0.6) is 0 Å². The molecule has 2 unspecified atom stereocenters. The van der Waals surface area contributed by atoms with Crippen molar-refractivity contribution in [3.8, 4) is 10.6 Å². The minimum Gasteiger partial charge on any atom is -0.391 e. The van der Waals surface area contributed by atoms with Gasteiger partial charge in [-0.2, -0.15) is 0 Å². The molecule has 1 amide bonds. The predicted octanol–water partition coefficient (Wildman–Crippen LogP) is 1.61. The number of carbonyl (C=O) groups is 1. The van der Waals surface area contributed by atoms with Crippen molar-refractivity contribution in [1.82, 2.24) is 15.6 Å². The van der Waals surface area contributed by atoms with Gasteiger partial charge in [-0.25, -0.2) is 4.98 Å². The summed E-state index contributed by atoms with van der Waals surface area (Å²) < 4.78 is 0. The third kappa shape index (κ3) is 4.20. The lowest BCUT2D eigenvalue weighted by molar-refractivity contribution is -0.120. The molecule has 1 aromatic heterocycles. The van der Waals surface area contributed by atoms with E-state index in [-0.39, 0.29) is 24.3 Å². The van der Waals surface area contributed by atoms with Gasteiger partial charge in [0.15, 0.2) is 0 Å². The van der Waals surface area contributed by atoms with Crippen molar-refractivity contribution >= 4 is 17.2 Å². The average molecular weight is 345 g/mol. The van der Waals surface area contributed by atoms with Gasteiger partial charge in [0.05, 0.1) is 18.2 Å². The fourth-order valence-electron chi connectivity index (χ4n) is 2.80. The topological polar surface area (TPSA) is 74.2 Å². The van der Waals surface area contributed by atoms with Crippen molar-refractivity contribution in [3.63, 3.8) is 0 Å². The summed E-state index contributed by atoms with van der Waals surface area (Å²) in [6.45, 7) is 3.99. The zero-order valence-corrected chi connectivity index (χ0v) is 14.6. The second kappa shape index (κ2) is 7.88. The Hall–Kier alpha value is -1.76. The molecule has 0 aliphatic carbocycles. The Morgan fingerprint density at radius 2 is 2.17 bits per heavy atom. The molecule has 1 fully saturated rings. The number of hydrogen-bond acceptors (Lipinski definition) is 5. The van der Waals surface area contributed by atoms with Crippen molar-refractivity contribution in [3.05, 3.63) is 40.9 Å². The van der Waals surface area contributed by atoms with E-state index in [2.05, 4.69) is 46.8 Å². The summed E-state index contributed by atoms with van der Waals surface area (Å²) >= 11 is 1.56. The summed E-state index contributed by atoms with van der Waals surface area (Å²) in [5.74, 6) is 0.0457. The molecule has 1 saturated heterocycles. The minimum absolute atomic E-state index is 0.0488. The molecule has 3 rings (SSSR count). The fourth-order valence-corrected chi connectivity index (χ4v) is 3.63. The van der Waals surface area contributed by atoms with Gasteiger partial charge in [-0.15, -0.1) is 11.3 Å². The Morgan fingerprint density at radius 1 is 1.38 bits per heavy atom. The fraction of sp³-hybridized carbons (Fsp3) is 0.444. The van der Waals surface area contributed by atoms with Crippen LogP contribution in [-0.4, -0.2) is 41.7 Å². The van der Waals surface area contributed by atoms with Crippen LogP contribution in [0.1, 0.15) is 18.2 Å². The number of hydrogen-bond donors (Lipinski definition) is 3. The SMILES string of the molecule is CCc1ccc(-c2nc(CC(=O)NCC3CNCC3O)cs2)cc1. The highest BCUT2D eigenvalue weighted by molar-refractivity contribution is 7.13. The first kappa shape index (κ1) is 17.1. The second-order valence-electron chi connectivity index (χ2n) is 6.16. The third-order valence-electron chi connectivity index (χ3n) is 4.37. The van der Waals surface area contributed by atoms with Gasteiger partial charge in [0, 0.05) is 36.5 Å². The summed E-state index contributed by atoms with van der Waals surface area (Å²) in [6.07, 6.45) is 0.927. The standard InChI is InChI=1S/C18H23N3O2S/c1-2-12-3-5-13(6-4-12)18-21-15(11-24-18)7-17(23)20-9-14-8-19-10-16(14)22/h3-6,11,14,16,19,22H,2,7-10H2,1H3,(H,20,23). The highest BCUT2D eigenvalue weighted by Gasteiger charge is 2.25. The maximum absolute atomic E-state index is 12.1. The van der Waals surface area contributed by atoms with E-state index in [4.69, 9.17) is 0 Å². The smallest absolute Gasteiger partial charge is 0.226 e. The monoisotopic (exact) mass is 345 g/mol. The normalized spacial score (nSPS) is 20.2. The van der Waals surface area contributed by atoms with Crippen LogP contribution in [0, 0.1) is 5.92 Å². The number of amides is 1. The van der Waals surface area contributed by atoms with Crippen LogP contribution < -0.4 is 10.6 Å². The van der Waals surface area contributed by atoms with E-state index in [1.807, 2.05) is 5.38 Å². The zero-order valence-electron chi connectivity index (χ0n) is 13.8. The maximum atomic E-state index is 12.1. The number of β-amino-alcohol motifs (C(OH)–C–C–N with tert-alkyl or cyclic N) is 1. The van der Waals surface area contributed by atoms with Crippen molar-refractivity contribution in [2.75, 3.05) is 19.6 Å². The Balaban J connectivity index is 1.54. The number of rotatable bonds is 6. The number of aliphatic hydroxyl groups is 1. The van der Waals surface area contributed by atoms with Crippen LogP contribution in [0.3, 0.4) is 0 Å². The van der Waals surface area contributed by atoms with E-state index < -0.39 is 0 Å². The Kier molecular flexibility index (Phi) is 5.60. The number of thiazole rings is 1. The quantitative estimate of drug-likeness (QED) is 0.744. The zero-order chi connectivity index (χ0) is 16.9. The van der Waals surface area contributed by atoms with E-state index in [1.165, 1.54) is 5.56 Å². The highest BCUT2D eigenvalue weighted by atomic mass is 32.1. The molecule has 0 spiro atoms. The molecule has 2 atom stereocenters. The molecule has 0 radical (unpaired) electrons. The first-order valence-corrected chi connectivity index (χ1v) is 9.23. The molecule has 1 aliphatic rings. The predicted molar refractivity (Wildman–Crippen MR) is 96.0 cm³/mol. The van der Waals surface area contributed by atoms with Crippen LogP contribution in [-0.2, 0) is 17.6 Å². The molecule has 6 heteroatoms. The number of aliphatic hydroxyl groups excluding tert-OH is 1. The van der Waals surface area contributed by atoms with Gasteiger partial charge in [0.1, 0.15) is 5.01 Å². The molecule has 3 N–H and O–H groups in total. The third-order valence-corrected chi connectivity index (χ3v) is 5.31. The van der Waals surface area contributed by atoms with Gasteiger partial charge in [-0.3, -0.25) is 4.79 Å². The van der Waals surface area contributed by atoms with Gasteiger partial charge < -0.3 is 15.7 Å². The number of nitrogens with one attached hydrogen (secondary N) is 2. The molecular weight excluding hydrogens is 322 g/mol. The van der Waals surface area contributed by atoms with E-state index in [0.717, 1.165) is 29.2 Å². The average Bonchev–Trinajstić information content (AvgIpc) is 3.22. The maximum Gasteiger partial charge on any atom is 0.226 e. The van der Waals surface area contributed by atoms with Crippen molar-refractivity contribution in [2.24, 2.45) is 5.92 Å². The minimum atomic E-state index is -0.373. The van der Waals surface area contributed by atoms with E-state index in [0.29, 0.717) is 13.1 Å². The number of benzene rings is 1. The molecule has 2 aromatic rings. The van der Waals surface area contributed by atoms with Crippen LogP contribution in [0.4, 0.5) is 0 Å². The number of aromatic nitrogens is 1. The van der Waals surface area contributed by atoms with Gasteiger partial charge >= 0.3 is 0 Å². The number of aryl methyl sites for hydroxylation is 1. The van der Waals surface area contributed by atoms with Crippen LogP contribution in [0.25, 0.3) is 10.6 Å². The van der Waals surface area contributed by atoms with Crippen LogP contribution in [0.15, 0.2) is 29.6 Å². The summed E-state index contributed by atoms with van der Waals surface area (Å²) in [7, 11) is 0. The van der Waals surface area contributed by atoms with E-state index in [1.54, 1.807) is 11.3 Å². The molecule has 2 heterocycles. The summed E-state index contributed by atoms with van der Waals surface area (Å²) in [4.78, 5) is 16.6. The molecule has 128 valence electrons. The summed E-state index contributed by atoms with van der Waals surface area (Å²) in [5, 5.41) is 18.6. The highest BCUT2D eigenvalue weighted by Crippen LogP contribution is 2.24. The van der Waals surface area contributed by atoms with Crippen LogP contribution in [0.2, 0.25) is 0 Å².